The lowest BCUT2D eigenvalue weighted by Crippen LogP contribution is -2.28. The van der Waals surface area contributed by atoms with Crippen LogP contribution in [0.15, 0.2) is 0 Å². The van der Waals surface area contributed by atoms with Gasteiger partial charge in [0.25, 0.3) is 0 Å². The summed E-state index contributed by atoms with van der Waals surface area (Å²) in [6.07, 6.45) is 2.63. The van der Waals surface area contributed by atoms with Crippen LogP contribution in [0.25, 0.3) is 0 Å². The Morgan fingerprint density at radius 1 is 1.18 bits per heavy atom. The molecule has 0 amide bonds. The minimum absolute atomic E-state index is 1.24. The van der Waals surface area contributed by atoms with Crippen LogP contribution in [0.2, 0.25) is 0 Å². The molecule has 0 spiro atoms. The lowest BCUT2D eigenvalue weighted by molar-refractivity contribution is 0.290. The molecule has 0 unspecified atom stereocenters. The molecule has 1 rings (SSSR count). The molecule has 66 valence electrons. The number of halogens is 1. The van der Waals surface area contributed by atoms with Crippen molar-refractivity contribution in [2.75, 3.05) is 32.7 Å². The minimum Gasteiger partial charge on any atom is -0.302 e. The smallest absolute Gasteiger partial charge is 0.0209 e. The summed E-state index contributed by atoms with van der Waals surface area (Å²) in [5.74, 6) is 0. The molecule has 1 heterocycles. The van der Waals surface area contributed by atoms with Crippen molar-refractivity contribution in [2.24, 2.45) is 0 Å². The summed E-state index contributed by atoms with van der Waals surface area (Å²) in [5.41, 5.74) is 0. The van der Waals surface area contributed by atoms with Gasteiger partial charge in [-0.05, 0) is 25.9 Å². The highest BCUT2D eigenvalue weighted by Crippen LogP contribution is 2.07. The van der Waals surface area contributed by atoms with Gasteiger partial charge in [-0.15, -0.1) is 0 Å². The summed E-state index contributed by atoms with van der Waals surface area (Å²) < 4.78 is 2.40. The van der Waals surface area contributed by atoms with E-state index in [0.717, 1.165) is 0 Å². The molecule has 1 aliphatic rings. The predicted molar refractivity (Wildman–Crippen MR) is 56.9 cm³/mol. The second-order valence-electron chi connectivity index (χ2n) is 3.11. The topological polar surface area (TPSA) is 6.48 Å². The van der Waals surface area contributed by atoms with Crippen LogP contribution < -0.4 is 0 Å². The van der Waals surface area contributed by atoms with Gasteiger partial charge in [0.2, 0.25) is 0 Å². The summed E-state index contributed by atoms with van der Waals surface area (Å²) in [7, 11) is 0. The van der Waals surface area contributed by atoms with E-state index in [0.29, 0.717) is 0 Å². The Morgan fingerprint density at radius 3 is 2.73 bits per heavy atom. The average molecular weight is 268 g/mol. The van der Waals surface area contributed by atoms with Crippen LogP contribution in [0, 0.1) is 0 Å². The van der Waals surface area contributed by atoms with Gasteiger partial charge in [0, 0.05) is 42.5 Å². The van der Waals surface area contributed by atoms with Gasteiger partial charge in [-0.1, -0.05) is 6.92 Å². The van der Waals surface area contributed by atoms with Crippen molar-refractivity contribution in [1.29, 1.82) is 0 Å². The van der Waals surface area contributed by atoms with Crippen LogP contribution in [-0.4, -0.2) is 40.7 Å². The number of rotatable bonds is 2. The van der Waals surface area contributed by atoms with Crippen LogP contribution in [0.1, 0.15) is 19.8 Å². The third-order valence-corrected chi connectivity index (χ3v) is 3.04. The molecule has 0 aliphatic carbocycles. The zero-order valence-electron chi connectivity index (χ0n) is 7.22. The van der Waals surface area contributed by atoms with Gasteiger partial charge in [0.15, 0.2) is 0 Å². The molecule has 11 heavy (non-hydrogen) atoms. The van der Waals surface area contributed by atoms with Gasteiger partial charge in [-0.25, -0.2) is 3.11 Å². The summed E-state index contributed by atoms with van der Waals surface area (Å²) >= 11 is 2.43. The maximum atomic E-state index is 2.57. The predicted octanol–water partition coefficient (Wildman–Crippen LogP) is 1.75. The first kappa shape index (κ1) is 9.74. The van der Waals surface area contributed by atoms with Crippen LogP contribution in [0.3, 0.4) is 0 Å². The Hall–Kier alpha value is 0.650. The first-order valence-electron chi connectivity index (χ1n) is 4.46. The van der Waals surface area contributed by atoms with Gasteiger partial charge >= 0.3 is 0 Å². The van der Waals surface area contributed by atoms with Gasteiger partial charge in [0.05, 0.1) is 0 Å². The highest BCUT2D eigenvalue weighted by molar-refractivity contribution is 14.1. The van der Waals surface area contributed by atoms with Gasteiger partial charge in [-0.3, -0.25) is 0 Å². The quantitative estimate of drug-likeness (QED) is 0.556. The molecule has 0 N–H and O–H groups in total. The number of hydrogen-bond donors (Lipinski definition) is 0. The molecule has 0 saturated carbocycles. The lowest BCUT2D eigenvalue weighted by Gasteiger charge is -2.18. The largest absolute Gasteiger partial charge is 0.302 e. The van der Waals surface area contributed by atoms with E-state index in [2.05, 4.69) is 37.8 Å². The van der Waals surface area contributed by atoms with Crippen molar-refractivity contribution in [3.05, 3.63) is 0 Å². The monoisotopic (exact) mass is 268 g/mol. The summed E-state index contributed by atoms with van der Waals surface area (Å²) in [6.45, 7) is 8.60. The fourth-order valence-corrected chi connectivity index (χ4v) is 2.04. The molecule has 0 aromatic rings. The van der Waals surface area contributed by atoms with Gasteiger partial charge in [-0.2, -0.15) is 0 Å². The second-order valence-corrected chi connectivity index (χ2v) is 4.47. The number of nitrogens with zero attached hydrogens (tertiary/aromatic N) is 2. The Balaban J connectivity index is 2.22. The highest BCUT2D eigenvalue weighted by atomic mass is 127. The molecule has 0 radical (unpaired) electrons. The van der Waals surface area contributed by atoms with Crippen molar-refractivity contribution in [3.63, 3.8) is 0 Å². The first-order valence-corrected chi connectivity index (χ1v) is 5.42. The maximum Gasteiger partial charge on any atom is 0.0209 e. The van der Waals surface area contributed by atoms with E-state index >= 15 is 0 Å². The van der Waals surface area contributed by atoms with Crippen LogP contribution in [0.5, 0.6) is 0 Å². The van der Waals surface area contributed by atoms with Crippen LogP contribution >= 0.6 is 22.9 Å². The third kappa shape index (κ3) is 3.71. The molecule has 1 saturated heterocycles. The normalized spacial score (nSPS) is 23.5. The van der Waals surface area contributed by atoms with Crippen molar-refractivity contribution in [2.45, 2.75) is 19.8 Å². The summed E-state index contributed by atoms with van der Waals surface area (Å²) in [4.78, 5) is 2.57. The summed E-state index contributed by atoms with van der Waals surface area (Å²) in [6, 6.07) is 0. The Labute approximate surface area is 83.4 Å². The van der Waals surface area contributed by atoms with Crippen LogP contribution in [-0.2, 0) is 0 Å². The van der Waals surface area contributed by atoms with Gasteiger partial charge in [0.1, 0.15) is 0 Å². The molecule has 2 nitrogen and oxygen atoms in total. The Bertz CT molecular complexity index is 108. The third-order valence-electron chi connectivity index (χ3n) is 2.07. The highest BCUT2D eigenvalue weighted by Gasteiger charge is 2.10. The van der Waals surface area contributed by atoms with E-state index in [1.54, 1.807) is 0 Å². The van der Waals surface area contributed by atoms with E-state index in [-0.39, 0.29) is 0 Å². The molecule has 1 fully saturated rings. The zero-order valence-corrected chi connectivity index (χ0v) is 9.38. The van der Waals surface area contributed by atoms with Crippen molar-refractivity contribution >= 4 is 22.9 Å². The average Bonchev–Trinajstić information content (AvgIpc) is 2.17. The first-order chi connectivity index (χ1) is 5.33. The fraction of sp³-hybridized carbons (Fsp3) is 1.00. The molecule has 0 atom stereocenters. The number of hydrogen-bond acceptors (Lipinski definition) is 2. The second kappa shape index (κ2) is 5.32. The SMILES string of the molecule is CCCN1CCCN(I)CC1. The van der Waals surface area contributed by atoms with E-state index in [1.807, 2.05) is 0 Å². The maximum absolute atomic E-state index is 2.57. The summed E-state index contributed by atoms with van der Waals surface area (Å²) in [5, 5.41) is 0. The minimum atomic E-state index is 1.24. The molecule has 0 bridgehead atoms. The Kier molecular flexibility index (Phi) is 4.71. The molecule has 0 aromatic heterocycles. The van der Waals surface area contributed by atoms with Crippen LogP contribution in [0.4, 0.5) is 0 Å². The van der Waals surface area contributed by atoms with Crippen molar-refractivity contribution in [3.8, 4) is 0 Å². The zero-order chi connectivity index (χ0) is 8.10. The Morgan fingerprint density at radius 2 is 2.00 bits per heavy atom. The standard InChI is InChI=1S/C8H17IN2/c1-2-4-10-5-3-6-11(9)8-7-10/h2-8H2,1H3. The van der Waals surface area contributed by atoms with Gasteiger partial charge < -0.3 is 4.90 Å². The molecular weight excluding hydrogens is 251 g/mol. The van der Waals surface area contributed by atoms with Crippen molar-refractivity contribution < 1.29 is 0 Å². The van der Waals surface area contributed by atoms with E-state index in [4.69, 9.17) is 0 Å². The molecule has 0 aromatic carbocycles. The molecule has 1 aliphatic heterocycles. The van der Waals surface area contributed by atoms with E-state index < -0.39 is 0 Å². The van der Waals surface area contributed by atoms with E-state index in [1.165, 1.54) is 45.6 Å². The lowest BCUT2D eigenvalue weighted by atomic mass is 10.3. The van der Waals surface area contributed by atoms with Crippen molar-refractivity contribution in [1.82, 2.24) is 8.01 Å². The van der Waals surface area contributed by atoms with E-state index in [9.17, 15) is 0 Å². The molecule has 3 heteroatoms. The molecular formula is C8H17IN2. The fourth-order valence-electron chi connectivity index (χ4n) is 1.48.